The van der Waals surface area contributed by atoms with Crippen molar-refractivity contribution >= 4 is 5.96 Å². The van der Waals surface area contributed by atoms with E-state index in [1.165, 1.54) is 0 Å². The molecule has 0 radical (unpaired) electrons. The summed E-state index contributed by atoms with van der Waals surface area (Å²) in [4.78, 5) is 4.69. The number of guanidine groups is 1. The minimum Gasteiger partial charge on any atom is -0.497 e. The first-order valence-electron chi connectivity index (χ1n) is 10.1. The second-order valence-electron chi connectivity index (χ2n) is 6.54. The largest absolute Gasteiger partial charge is 0.497 e. The topological polar surface area (TPSA) is 72.7 Å². The molecule has 0 spiro atoms. The maximum absolute atomic E-state index is 5.69. The van der Waals surface area contributed by atoms with Crippen molar-refractivity contribution in [3.63, 3.8) is 0 Å². The van der Waals surface area contributed by atoms with Gasteiger partial charge in [-0.15, -0.1) is 0 Å². The molecule has 3 aromatic rings. The zero-order chi connectivity index (χ0) is 21.2. The molecule has 0 saturated carbocycles. The minimum atomic E-state index is 0.534. The molecule has 1 heterocycles. The Balaban J connectivity index is 1.63. The van der Waals surface area contributed by atoms with Crippen molar-refractivity contribution in [1.82, 2.24) is 20.4 Å². The van der Waals surface area contributed by atoms with E-state index in [0.717, 1.165) is 40.9 Å². The van der Waals surface area contributed by atoms with Crippen LogP contribution in [0.1, 0.15) is 25.1 Å². The highest BCUT2D eigenvalue weighted by Gasteiger charge is 2.05. The highest BCUT2D eigenvalue weighted by atomic mass is 16.5. The van der Waals surface area contributed by atoms with Crippen molar-refractivity contribution in [2.75, 3.05) is 20.3 Å². The Morgan fingerprint density at radius 2 is 1.83 bits per heavy atom. The number of aliphatic imine (C=N–C) groups is 1. The van der Waals surface area contributed by atoms with Crippen molar-refractivity contribution in [3.05, 3.63) is 72.1 Å². The van der Waals surface area contributed by atoms with Crippen molar-refractivity contribution in [3.8, 4) is 17.2 Å². The van der Waals surface area contributed by atoms with E-state index in [-0.39, 0.29) is 0 Å². The van der Waals surface area contributed by atoms with Gasteiger partial charge in [-0.25, -0.2) is 9.67 Å². The smallest absolute Gasteiger partial charge is 0.191 e. The first-order valence-corrected chi connectivity index (χ1v) is 10.1. The molecule has 7 nitrogen and oxygen atoms in total. The number of para-hydroxylation sites is 1. The fraction of sp³-hybridized carbons (Fsp3) is 0.304. The van der Waals surface area contributed by atoms with Crippen LogP contribution in [0.15, 0.2) is 65.8 Å². The lowest BCUT2D eigenvalue weighted by Gasteiger charge is -2.12. The Morgan fingerprint density at radius 1 is 1.03 bits per heavy atom. The average molecular weight is 408 g/mol. The van der Waals surface area contributed by atoms with Crippen molar-refractivity contribution < 1.29 is 9.47 Å². The highest BCUT2D eigenvalue weighted by molar-refractivity contribution is 5.79. The predicted octanol–water partition coefficient (Wildman–Crippen LogP) is 3.53. The van der Waals surface area contributed by atoms with Crippen LogP contribution in [0.4, 0.5) is 0 Å². The Labute approximate surface area is 177 Å². The molecule has 0 unspecified atom stereocenters. The molecule has 0 aliphatic heterocycles. The van der Waals surface area contributed by atoms with Crippen molar-refractivity contribution in [1.29, 1.82) is 0 Å². The molecule has 7 heteroatoms. The summed E-state index contributed by atoms with van der Waals surface area (Å²) in [7, 11) is 1.66. The standard InChI is InChI=1S/C23H29N5O2/c1-4-24-23(25-16-18-8-6-7-9-22(18)30-5-2)26-17-19-14-15-28(27-19)20-10-12-21(29-3)13-11-20/h6-15H,4-5,16-17H2,1-3H3,(H2,24,25,26). The van der Waals surface area contributed by atoms with Gasteiger partial charge in [0.05, 0.1) is 38.2 Å². The number of nitrogens with zero attached hydrogens (tertiary/aromatic N) is 3. The fourth-order valence-electron chi connectivity index (χ4n) is 2.95. The lowest BCUT2D eigenvalue weighted by molar-refractivity contribution is 0.336. The van der Waals surface area contributed by atoms with Crippen LogP contribution in [0.3, 0.4) is 0 Å². The van der Waals surface area contributed by atoms with Crippen LogP contribution in [0.25, 0.3) is 5.69 Å². The first-order chi connectivity index (χ1) is 14.7. The number of ether oxygens (including phenoxy) is 2. The molecule has 2 aromatic carbocycles. The van der Waals surface area contributed by atoms with Crippen LogP contribution in [0.2, 0.25) is 0 Å². The van der Waals surface area contributed by atoms with E-state index in [9.17, 15) is 0 Å². The molecule has 30 heavy (non-hydrogen) atoms. The molecule has 2 N–H and O–H groups in total. The predicted molar refractivity (Wildman–Crippen MR) is 119 cm³/mol. The number of aromatic nitrogens is 2. The zero-order valence-corrected chi connectivity index (χ0v) is 17.8. The van der Waals surface area contributed by atoms with Gasteiger partial charge in [-0.2, -0.15) is 5.10 Å². The fourth-order valence-corrected chi connectivity index (χ4v) is 2.95. The molecule has 0 fully saturated rings. The molecular formula is C23H29N5O2. The number of hydrogen-bond donors (Lipinski definition) is 2. The Hall–Kier alpha value is -3.48. The van der Waals surface area contributed by atoms with E-state index < -0.39 is 0 Å². The number of nitrogens with one attached hydrogen (secondary N) is 2. The highest BCUT2D eigenvalue weighted by Crippen LogP contribution is 2.18. The molecule has 0 amide bonds. The van der Waals surface area contributed by atoms with E-state index in [1.54, 1.807) is 7.11 Å². The molecule has 0 atom stereocenters. The Morgan fingerprint density at radius 3 is 2.57 bits per heavy atom. The van der Waals surface area contributed by atoms with Gasteiger partial charge >= 0.3 is 0 Å². The third-order valence-corrected chi connectivity index (χ3v) is 4.44. The maximum Gasteiger partial charge on any atom is 0.191 e. The van der Waals surface area contributed by atoms with E-state index in [1.807, 2.05) is 79.3 Å². The summed E-state index contributed by atoms with van der Waals surface area (Å²) in [5.41, 5.74) is 2.96. The monoisotopic (exact) mass is 407 g/mol. The zero-order valence-electron chi connectivity index (χ0n) is 17.8. The Bertz CT molecular complexity index is 950. The first kappa shape index (κ1) is 21.2. The van der Waals surface area contributed by atoms with E-state index in [0.29, 0.717) is 19.7 Å². The second kappa shape index (κ2) is 10.9. The van der Waals surface area contributed by atoms with Gasteiger partial charge in [0.25, 0.3) is 0 Å². The molecule has 0 aliphatic rings. The number of benzene rings is 2. The van der Waals surface area contributed by atoms with Crippen LogP contribution in [-0.4, -0.2) is 36.0 Å². The number of hydrogen-bond acceptors (Lipinski definition) is 4. The van der Waals surface area contributed by atoms with Gasteiger partial charge in [-0.05, 0) is 50.2 Å². The van der Waals surface area contributed by atoms with Crippen LogP contribution < -0.4 is 20.1 Å². The second-order valence-corrected chi connectivity index (χ2v) is 6.54. The minimum absolute atomic E-state index is 0.534. The van der Waals surface area contributed by atoms with Crippen molar-refractivity contribution in [2.45, 2.75) is 26.9 Å². The molecular weight excluding hydrogens is 378 g/mol. The summed E-state index contributed by atoms with van der Waals surface area (Å²) in [5, 5.41) is 11.3. The van der Waals surface area contributed by atoms with Crippen LogP contribution in [0.5, 0.6) is 11.5 Å². The van der Waals surface area contributed by atoms with Crippen LogP contribution >= 0.6 is 0 Å². The summed E-state index contributed by atoms with van der Waals surface area (Å²) >= 11 is 0. The third kappa shape index (κ3) is 5.76. The molecule has 158 valence electrons. The molecule has 0 saturated heterocycles. The van der Waals surface area contributed by atoms with Crippen LogP contribution in [-0.2, 0) is 13.1 Å². The average Bonchev–Trinajstić information content (AvgIpc) is 3.26. The summed E-state index contributed by atoms with van der Waals surface area (Å²) < 4.78 is 12.7. The Kier molecular flexibility index (Phi) is 7.71. The van der Waals surface area contributed by atoms with Gasteiger partial charge in [-0.3, -0.25) is 0 Å². The van der Waals surface area contributed by atoms with E-state index >= 15 is 0 Å². The maximum atomic E-state index is 5.69. The van der Waals surface area contributed by atoms with Gasteiger partial charge in [0.15, 0.2) is 5.96 Å². The van der Waals surface area contributed by atoms with Gasteiger partial charge in [0.2, 0.25) is 0 Å². The summed E-state index contributed by atoms with van der Waals surface area (Å²) in [5.74, 6) is 2.44. The lowest BCUT2D eigenvalue weighted by Crippen LogP contribution is -2.36. The van der Waals surface area contributed by atoms with Gasteiger partial charge in [-0.1, -0.05) is 18.2 Å². The van der Waals surface area contributed by atoms with E-state index in [4.69, 9.17) is 14.5 Å². The van der Waals surface area contributed by atoms with Crippen molar-refractivity contribution in [2.24, 2.45) is 4.99 Å². The molecule has 0 aliphatic carbocycles. The SMILES string of the molecule is CCNC(=NCc1ccccc1OCC)NCc1ccn(-c2ccc(OC)cc2)n1. The quantitative estimate of drug-likeness (QED) is 0.419. The van der Waals surface area contributed by atoms with E-state index in [2.05, 4.69) is 15.7 Å². The number of methoxy groups -OCH3 is 1. The summed E-state index contributed by atoms with van der Waals surface area (Å²) in [6.07, 6.45) is 1.95. The summed E-state index contributed by atoms with van der Waals surface area (Å²) in [6.45, 7) is 6.55. The summed E-state index contributed by atoms with van der Waals surface area (Å²) in [6, 6.07) is 17.8. The number of rotatable bonds is 9. The molecule has 3 rings (SSSR count). The normalized spacial score (nSPS) is 11.2. The lowest BCUT2D eigenvalue weighted by atomic mass is 10.2. The molecule has 0 bridgehead atoms. The van der Waals surface area contributed by atoms with Gasteiger partial charge in [0, 0.05) is 18.3 Å². The van der Waals surface area contributed by atoms with Crippen LogP contribution in [0, 0.1) is 0 Å². The van der Waals surface area contributed by atoms with Gasteiger partial charge < -0.3 is 20.1 Å². The third-order valence-electron chi connectivity index (χ3n) is 4.44. The van der Waals surface area contributed by atoms with Gasteiger partial charge in [0.1, 0.15) is 11.5 Å². The molecule has 1 aromatic heterocycles.